The van der Waals surface area contributed by atoms with Crippen LogP contribution < -0.4 is 5.32 Å². The highest BCUT2D eigenvalue weighted by Crippen LogP contribution is 2.27. The first-order valence-corrected chi connectivity index (χ1v) is 11.9. The maximum Gasteiger partial charge on any atom is 0.331 e. The van der Waals surface area contributed by atoms with E-state index in [1.165, 1.54) is 10.8 Å². The van der Waals surface area contributed by atoms with Crippen LogP contribution in [0, 0.1) is 0 Å². The van der Waals surface area contributed by atoms with Gasteiger partial charge < -0.3 is 15.2 Å². The van der Waals surface area contributed by atoms with Crippen LogP contribution in [0.15, 0.2) is 101 Å². The second kappa shape index (κ2) is 22.1. The third kappa shape index (κ3) is 14.8. The number of benzene rings is 2. The molecule has 2 aromatic carbocycles. The van der Waals surface area contributed by atoms with Gasteiger partial charge in [-0.2, -0.15) is 0 Å². The number of nitrogens with zero attached hydrogens (tertiary/aromatic N) is 1. The number of carboxylic acid groups (broad SMARTS) is 1. The van der Waals surface area contributed by atoms with Crippen LogP contribution >= 0.6 is 11.6 Å². The third-order valence-corrected chi connectivity index (χ3v) is 4.75. The summed E-state index contributed by atoms with van der Waals surface area (Å²) in [5, 5.41) is 14.2. The molecule has 0 unspecified atom stereocenters. The lowest BCUT2D eigenvalue weighted by Gasteiger charge is -2.07. The number of halogens is 1. The van der Waals surface area contributed by atoms with E-state index in [-0.39, 0.29) is 0 Å². The SMILES string of the molecule is C=CCOC.C=N/C=C/C(=C(Cl)\C=C\NC)c1ccc2ccccc2c1.CC.CC(C)=C(C)C(=O)O. The summed E-state index contributed by atoms with van der Waals surface area (Å²) in [6.45, 7) is 16.7. The predicted molar refractivity (Wildman–Crippen MR) is 159 cm³/mol. The first-order valence-electron chi connectivity index (χ1n) is 11.6. The van der Waals surface area contributed by atoms with Crippen molar-refractivity contribution in [1.29, 1.82) is 0 Å². The molecule has 0 amide bonds. The summed E-state index contributed by atoms with van der Waals surface area (Å²) in [7, 11) is 3.47. The molecular weight excluding hydrogens is 472 g/mol. The molecule has 2 aromatic rings. The smallest absolute Gasteiger partial charge is 0.331 e. The minimum atomic E-state index is -0.829. The maximum atomic E-state index is 10.1. The molecule has 0 heterocycles. The van der Waals surface area contributed by atoms with Crippen molar-refractivity contribution >= 4 is 40.6 Å². The van der Waals surface area contributed by atoms with Crippen LogP contribution in [0.1, 0.15) is 40.2 Å². The van der Waals surface area contributed by atoms with Crippen LogP contribution in [0.3, 0.4) is 0 Å². The molecule has 0 fully saturated rings. The minimum absolute atomic E-state index is 0.435. The van der Waals surface area contributed by atoms with E-state index >= 15 is 0 Å². The topological polar surface area (TPSA) is 70.9 Å². The van der Waals surface area contributed by atoms with Crippen molar-refractivity contribution in [1.82, 2.24) is 5.32 Å². The van der Waals surface area contributed by atoms with E-state index in [0.717, 1.165) is 16.7 Å². The molecular formula is C30H41ClN2O3. The zero-order chi connectivity index (χ0) is 27.9. The highest BCUT2D eigenvalue weighted by Gasteiger charge is 2.04. The lowest BCUT2D eigenvalue weighted by Crippen LogP contribution is -1.97. The quantitative estimate of drug-likeness (QED) is 0.162. The van der Waals surface area contributed by atoms with E-state index in [1.807, 2.05) is 45.2 Å². The molecule has 0 radical (unpaired) electrons. The summed E-state index contributed by atoms with van der Waals surface area (Å²) < 4.78 is 4.57. The summed E-state index contributed by atoms with van der Waals surface area (Å²) in [5.41, 5.74) is 3.24. The number of carbonyl (C=O) groups is 1. The fourth-order valence-corrected chi connectivity index (χ4v) is 2.61. The Morgan fingerprint density at radius 1 is 1.11 bits per heavy atom. The monoisotopic (exact) mass is 512 g/mol. The van der Waals surface area contributed by atoms with E-state index in [1.54, 1.807) is 46.4 Å². The van der Waals surface area contributed by atoms with Crippen LogP contribution in [0.2, 0.25) is 0 Å². The largest absolute Gasteiger partial charge is 0.478 e. The standard InChI is InChI=1S/C18H17ClN2.C6H10O2.C4H8O.C2H6/c1-20-11-9-17(18(19)10-12-21-2)16-8-7-14-5-3-4-6-15(14)13-16;1-4(2)5(3)6(7)8;1-3-4-5-2;1-2/h3-13,21H,1H2,2H3;1-3H3,(H,7,8);3H,1,4H2,2H3;1-2H3/b11-9+,12-10+,18-17-;;;. The highest BCUT2D eigenvalue weighted by atomic mass is 35.5. The predicted octanol–water partition coefficient (Wildman–Crippen LogP) is 8.01. The second-order valence-corrected chi connectivity index (χ2v) is 7.53. The van der Waals surface area contributed by atoms with Gasteiger partial charge in [0.1, 0.15) is 0 Å². The Bertz CT molecular complexity index is 1060. The second-order valence-electron chi connectivity index (χ2n) is 7.12. The Hall–Kier alpha value is -3.41. The zero-order valence-corrected chi connectivity index (χ0v) is 23.4. The molecule has 6 heteroatoms. The Labute approximate surface area is 222 Å². The summed E-state index contributed by atoms with van der Waals surface area (Å²) in [4.78, 5) is 13.8. The van der Waals surface area contributed by atoms with Crippen molar-refractivity contribution < 1.29 is 14.6 Å². The third-order valence-electron chi connectivity index (χ3n) is 4.42. The Balaban J connectivity index is 0. The van der Waals surface area contributed by atoms with Crippen molar-refractivity contribution in [2.75, 3.05) is 20.8 Å². The molecule has 0 aromatic heterocycles. The van der Waals surface area contributed by atoms with Crippen molar-refractivity contribution in [3.05, 3.63) is 101 Å². The number of hydrogen-bond donors (Lipinski definition) is 2. The van der Waals surface area contributed by atoms with Gasteiger partial charge in [0.25, 0.3) is 0 Å². The minimum Gasteiger partial charge on any atom is -0.478 e. The van der Waals surface area contributed by atoms with E-state index < -0.39 is 5.97 Å². The van der Waals surface area contributed by atoms with Gasteiger partial charge >= 0.3 is 5.97 Å². The maximum absolute atomic E-state index is 10.1. The number of fused-ring (bicyclic) bond motifs is 1. The van der Waals surface area contributed by atoms with Crippen LogP contribution in [-0.4, -0.2) is 38.6 Å². The van der Waals surface area contributed by atoms with Gasteiger partial charge in [-0.1, -0.05) is 73.5 Å². The zero-order valence-electron chi connectivity index (χ0n) is 22.6. The molecule has 0 spiro atoms. The van der Waals surface area contributed by atoms with Gasteiger partial charge in [-0.3, -0.25) is 4.99 Å². The van der Waals surface area contributed by atoms with Crippen LogP contribution in [0.4, 0.5) is 0 Å². The molecule has 0 atom stereocenters. The van der Waals surface area contributed by atoms with Gasteiger partial charge in [-0.15, -0.1) is 6.58 Å². The van der Waals surface area contributed by atoms with Crippen molar-refractivity contribution in [3.8, 4) is 0 Å². The Morgan fingerprint density at radius 3 is 2.14 bits per heavy atom. The van der Waals surface area contributed by atoms with Gasteiger partial charge in [0, 0.05) is 36.5 Å². The number of hydrogen-bond acceptors (Lipinski definition) is 4. The lowest BCUT2D eigenvalue weighted by molar-refractivity contribution is -0.132. The molecule has 196 valence electrons. The van der Waals surface area contributed by atoms with E-state index in [4.69, 9.17) is 16.7 Å². The molecule has 0 aliphatic heterocycles. The van der Waals surface area contributed by atoms with E-state index in [9.17, 15) is 4.79 Å². The van der Waals surface area contributed by atoms with Gasteiger partial charge in [0.2, 0.25) is 0 Å². The first kappa shape index (κ1) is 34.8. The molecule has 2 rings (SSSR count). The molecule has 0 saturated carbocycles. The number of ether oxygens (including phenoxy) is 1. The molecule has 0 aliphatic rings. The number of aliphatic imine (C=N–C) groups is 1. The van der Waals surface area contributed by atoms with Crippen molar-refractivity contribution in [2.24, 2.45) is 4.99 Å². The normalized spacial score (nSPS) is 10.6. The van der Waals surface area contributed by atoms with Crippen LogP contribution in [0.25, 0.3) is 16.3 Å². The average Bonchev–Trinajstić information content (AvgIpc) is 2.89. The van der Waals surface area contributed by atoms with Gasteiger partial charge in [-0.05, 0) is 68.2 Å². The summed E-state index contributed by atoms with van der Waals surface area (Å²) in [6.07, 6.45) is 8.82. The fourth-order valence-electron chi connectivity index (χ4n) is 2.38. The van der Waals surface area contributed by atoms with Crippen LogP contribution in [-0.2, 0) is 9.53 Å². The Morgan fingerprint density at radius 2 is 1.72 bits per heavy atom. The van der Waals surface area contributed by atoms with E-state index in [2.05, 4.69) is 58.7 Å². The van der Waals surface area contributed by atoms with Crippen molar-refractivity contribution in [3.63, 3.8) is 0 Å². The molecule has 0 saturated heterocycles. The number of allylic oxidation sites excluding steroid dienone is 5. The summed E-state index contributed by atoms with van der Waals surface area (Å²) in [5.74, 6) is -0.829. The fraction of sp³-hybridized carbons (Fsp3) is 0.267. The van der Waals surface area contributed by atoms with Gasteiger partial charge in [0.15, 0.2) is 0 Å². The molecule has 0 aliphatic carbocycles. The number of rotatable bonds is 8. The van der Waals surface area contributed by atoms with Crippen LogP contribution in [0.5, 0.6) is 0 Å². The van der Waals surface area contributed by atoms with Crippen molar-refractivity contribution in [2.45, 2.75) is 34.6 Å². The lowest BCUT2D eigenvalue weighted by atomic mass is 10.0. The number of methoxy groups -OCH3 is 1. The average molecular weight is 513 g/mol. The summed E-state index contributed by atoms with van der Waals surface area (Å²) in [6, 6.07) is 14.5. The molecule has 5 nitrogen and oxygen atoms in total. The summed E-state index contributed by atoms with van der Waals surface area (Å²) >= 11 is 6.39. The highest BCUT2D eigenvalue weighted by molar-refractivity contribution is 6.35. The number of nitrogens with one attached hydrogen (secondary N) is 1. The Kier molecular flexibility index (Phi) is 21.3. The molecule has 0 bridgehead atoms. The first-order chi connectivity index (χ1) is 17.2. The van der Waals surface area contributed by atoms with Gasteiger partial charge in [-0.25, -0.2) is 4.79 Å². The van der Waals surface area contributed by atoms with E-state index in [0.29, 0.717) is 17.2 Å². The molecule has 36 heavy (non-hydrogen) atoms. The van der Waals surface area contributed by atoms with Gasteiger partial charge in [0.05, 0.1) is 6.61 Å². The number of carboxylic acids is 1. The number of aliphatic carboxylic acids is 1. The molecule has 2 N–H and O–H groups in total.